The van der Waals surface area contributed by atoms with Crippen LogP contribution in [0.2, 0.25) is 0 Å². The van der Waals surface area contributed by atoms with Gasteiger partial charge in [0.25, 0.3) is 5.91 Å². The van der Waals surface area contributed by atoms with Gasteiger partial charge < -0.3 is 10.3 Å². The van der Waals surface area contributed by atoms with E-state index in [-0.39, 0.29) is 11.7 Å². The molecule has 4 aromatic rings. The molecule has 0 radical (unpaired) electrons. The highest BCUT2D eigenvalue weighted by molar-refractivity contribution is 5.94. The minimum atomic E-state index is -0.241. The first-order valence-electron chi connectivity index (χ1n) is 12.8. The zero-order valence-corrected chi connectivity index (χ0v) is 20.7. The molecule has 186 valence electrons. The van der Waals surface area contributed by atoms with Gasteiger partial charge in [0.2, 0.25) is 0 Å². The van der Waals surface area contributed by atoms with Crippen LogP contribution in [-0.2, 0) is 0 Å². The van der Waals surface area contributed by atoms with Crippen LogP contribution in [0.5, 0.6) is 0 Å². The lowest BCUT2D eigenvalue weighted by atomic mass is 9.90. The number of rotatable bonds is 5. The Morgan fingerprint density at radius 1 is 1.03 bits per heavy atom. The molecule has 37 heavy (non-hydrogen) atoms. The molecule has 2 aromatic heterocycles. The highest BCUT2D eigenvalue weighted by atomic mass is 19.1. The summed E-state index contributed by atoms with van der Waals surface area (Å²) < 4.78 is 13.6. The molecular formula is C31H29FN4O. The van der Waals surface area contributed by atoms with Crippen molar-refractivity contribution in [2.75, 3.05) is 20.1 Å². The summed E-state index contributed by atoms with van der Waals surface area (Å²) in [7, 11) is 1.66. The number of amides is 1. The predicted octanol–water partition coefficient (Wildman–Crippen LogP) is 5.89. The maximum atomic E-state index is 13.6. The lowest BCUT2D eigenvalue weighted by Crippen LogP contribution is -2.32. The largest absolute Gasteiger partial charge is 0.360 e. The number of aromatic amines is 1. The molecule has 0 aliphatic carbocycles. The molecule has 4 heterocycles. The van der Waals surface area contributed by atoms with Crippen molar-refractivity contribution in [2.24, 2.45) is 0 Å². The molecule has 0 bridgehead atoms. The van der Waals surface area contributed by atoms with Crippen molar-refractivity contribution in [3.8, 4) is 22.4 Å². The number of carbonyl (C=O) groups excluding carboxylic acids is 1. The van der Waals surface area contributed by atoms with Gasteiger partial charge >= 0.3 is 0 Å². The third-order valence-electron chi connectivity index (χ3n) is 7.71. The molecule has 0 saturated carbocycles. The Bertz CT molecular complexity index is 1440. The number of H-pyrrole nitrogens is 1. The molecule has 6 rings (SSSR count). The molecule has 2 aromatic carbocycles. The van der Waals surface area contributed by atoms with Gasteiger partial charge in [0.1, 0.15) is 5.82 Å². The number of nitrogens with zero attached hydrogens (tertiary/aromatic N) is 2. The second-order valence-corrected chi connectivity index (χ2v) is 9.83. The van der Waals surface area contributed by atoms with Crippen molar-refractivity contribution in [3.63, 3.8) is 0 Å². The summed E-state index contributed by atoms with van der Waals surface area (Å²) in [6.07, 6.45) is 10.2. The summed E-state index contributed by atoms with van der Waals surface area (Å²) in [5.74, 6) is 0.148. The zero-order valence-electron chi connectivity index (χ0n) is 20.7. The predicted molar refractivity (Wildman–Crippen MR) is 145 cm³/mol. The summed E-state index contributed by atoms with van der Waals surface area (Å²) in [4.78, 5) is 22.2. The van der Waals surface area contributed by atoms with Crippen LogP contribution in [0.1, 0.15) is 40.2 Å². The van der Waals surface area contributed by atoms with Gasteiger partial charge in [0, 0.05) is 61.5 Å². The molecule has 1 saturated heterocycles. The van der Waals surface area contributed by atoms with E-state index >= 15 is 0 Å². The van der Waals surface area contributed by atoms with Crippen molar-refractivity contribution in [1.29, 1.82) is 0 Å². The van der Waals surface area contributed by atoms with Crippen LogP contribution < -0.4 is 5.32 Å². The lowest BCUT2D eigenvalue weighted by Gasteiger charge is -2.28. The number of benzene rings is 2. The topological polar surface area (TPSA) is 61.0 Å². The van der Waals surface area contributed by atoms with E-state index in [2.05, 4.69) is 44.6 Å². The first-order valence-corrected chi connectivity index (χ1v) is 12.8. The van der Waals surface area contributed by atoms with Crippen molar-refractivity contribution >= 4 is 11.5 Å². The van der Waals surface area contributed by atoms with Crippen LogP contribution in [0.3, 0.4) is 0 Å². The van der Waals surface area contributed by atoms with E-state index in [0.29, 0.717) is 17.5 Å². The van der Waals surface area contributed by atoms with Gasteiger partial charge in [-0.3, -0.25) is 14.7 Å². The maximum Gasteiger partial charge on any atom is 0.251 e. The molecule has 2 N–H and O–H groups in total. The molecule has 2 aliphatic heterocycles. The van der Waals surface area contributed by atoms with Crippen LogP contribution in [-0.4, -0.2) is 47.0 Å². The van der Waals surface area contributed by atoms with E-state index in [0.717, 1.165) is 48.3 Å². The minimum absolute atomic E-state index is 0.0560. The summed E-state index contributed by atoms with van der Waals surface area (Å²) in [6.45, 7) is 2.04. The van der Waals surface area contributed by atoms with E-state index in [4.69, 9.17) is 0 Å². The number of hydrogen-bond donors (Lipinski definition) is 2. The molecular weight excluding hydrogens is 463 g/mol. The zero-order chi connectivity index (χ0) is 25.4. The summed E-state index contributed by atoms with van der Waals surface area (Å²) in [6, 6.07) is 19.1. The van der Waals surface area contributed by atoms with E-state index in [1.165, 1.54) is 28.8 Å². The number of aromatic nitrogens is 2. The van der Waals surface area contributed by atoms with Gasteiger partial charge in [-0.2, -0.15) is 0 Å². The Balaban J connectivity index is 1.31. The van der Waals surface area contributed by atoms with E-state index < -0.39 is 0 Å². The fourth-order valence-corrected chi connectivity index (χ4v) is 5.80. The fourth-order valence-electron chi connectivity index (χ4n) is 5.80. The summed E-state index contributed by atoms with van der Waals surface area (Å²) >= 11 is 0. The SMILES string of the molecule is CNC(=O)c1ccc([C@@H]2C[C@H]3C=C(c4c[nH]c(-c5ccc(F)cc5)c4-c4ccncc4)CCN3C2)cc1. The number of carbonyl (C=O) groups is 1. The van der Waals surface area contributed by atoms with Crippen molar-refractivity contribution in [2.45, 2.75) is 24.8 Å². The quantitative estimate of drug-likeness (QED) is 0.365. The second-order valence-electron chi connectivity index (χ2n) is 9.83. The van der Waals surface area contributed by atoms with Crippen molar-refractivity contribution < 1.29 is 9.18 Å². The Hall–Kier alpha value is -4.03. The maximum absolute atomic E-state index is 13.6. The van der Waals surface area contributed by atoms with Crippen molar-refractivity contribution in [1.82, 2.24) is 20.2 Å². The average molecular weight is 493 g/mol. The average Bonchev–Trinajstić information content (AvgIpc) is 3.58. The molecule has 1 amide bonds. The standard InChI is InChI=1S/C31H29FN4O/c1-33-31(37)23-4-2-20(3-5-23)25-17-27-16-24(12-15-36(27)19-25)28-18-35-30(22-6-8-26(32)9-7-22)29(28)21-10-13-34-14-11-21/h2-11,13-14,16,18,25,27,35H,12,15,17,19H2,1H3,(H,33,37)/t25-,27-/m1/s1. The van der Waals surface area contributed by atoms with Gasteiger partial charge in [0.05, 0.1) is 5.69 Å². The normalized spacial score (nSPS) is 19.4. The third-order valence-corrected chi connectivity index (χ3v) is 7.71. The minimum Gasteiger partial charge on any atom is -0.360 e. The van der Waals surface area contributed by atoms with Gasteiger partial charge in [-0.25, -0.2) is 4.39 Å². The lowest BCUT2D eigenvalue weighted by molar-refractivity contribution is 0.0963. The smallest absolute Gasteiger partial charge is 0.251 e. The molecule has 0 spiro atoms. The molecule has 5 nitrogen and oxygen atoms in total. The highest BCUT2D eigenvalue weighted by Gasteiger charge is 2.34. The Kier molecular flexibility index (Phi) is 6.18. The van der Waals surface area contributed by atoms with E-state index in [1.54, 1.807) is 7.05 Å². The third kappa shape index (κ3) is 4.49. The molecule has 6 heteroatoms. The second kappa shape index (κ2) is 9.79. The van der Waals surface area contributed by atoms with Gasteiger partial charge in [0.15, 0.2) is 0 Å². The van der Waals surface area contributed by atoms with Gasteiger partial charge in [-0.15, -0.1) is 0 Å². The Labute approximate surface area is 216 Å². The van der Waals surface area contributed by atoms with Gasteiger partial charge in [-0.05, 0) is 89.6 Å². The first kappa shape index (κ1) is 23.4. The number of pyridine rings is 1. The van der Waals surface area contributed by atoms with Crippen molar-refractivity contribution in [3.05, 3.63) is 108 Å². The first-order chi connectivity index (χ1) is 18.1. The monoisotopic (exact) mass is 492 g/mol. The van der Waals surface area contributed by atoms with Crippen LogP contribution in [0, 0.1) is 5.82 Å². The number of nitrogens with one attached hydrogen (secondary N) is 2. The molecule has 2 aliphatic rings. The molecule has 2 atom stereocenters. The van der Waals surface area contributed by atoms with Crippen LogP contribution in [0.25, 0.3) is 28.0 Å². The van der Waals surface area contributed by atoms with Crippen LogP contribution >= 0.6 is 0 Å². The number of halogens is 1. The van der Waals surface area contributed by atoms with Crippen LogP contribution in [0.15, 0.2) is 85.3 Å². The Morgan fingerprint density at radius 3 is 2.51 bits per heavy atom. The highest BCUT2D eigenvalue weighted by Crippen LogP contribution is 2.42. The Morgan fingerprint density at radius 2 is 1.78 bits per heavy atom. The van der Waals surface area contributed by atoms with Gasteiger partial charge in [-0.1, -0.05) is 18.2 Å². The molecule has 0 unspecified atom stereocenters. The summed E-state index contributed by atoms with van der Waals surface area (Å²) in [5.41, 5.74) is 8.69. The van der Waals surface area contributed by atoms with E-state index in [9.17, 15) is 9.18 Å². The fraction of sp³-hybridized carbons (Fsp3) is 0.226. The van der Waals surface area contributed by atoms with Crippen LogP contribution in [0.4, 0.5) is 4.39 Å². The molecule has 1 fully saturated rings. The summed E-state index contributed by atoms with van der Waals surface area (Å²) in [5, 5.41) is 2.68. The number of fused-ring (bicyclic) bond motifs is 1. The number of hydrogen-bond acceptors (Lipinski definition) is 3. The van der Waals surface area contributed by atoms with E-state index in [1.807, 2.05) is 48.8 Å².